The van der Waals surface area contributed by atoms with Crippen molar-refractivity contribution in [3.8, 4) is 0 Å². The first-order valence-corrected chi connectivity index (χ1v) is 11.7. The Labute approximate surface area is 198 Å². The zero-order chi connectivity index (χ0) is 23.2. The van der Waals surface area contributed by atoms with Gasteiger partial charge in [0.15, 0.2) is 0 Å². The molecule has 4 aromatic rings. The summed E-state index contributed by atoms with van der Waals surface area (Å²) in [6.45, 7) is 3.81. The van der Waals surface area contributed by atoms with Crippen molar-refractivity contribution in [1.29, 1.82) is 0 Å². The van der Waals surface area contributed by atoms with E-state index in [4.69, 9.17) is 0 Å². The number of para-hydroxylation sites is 1. The number of aromatic nitrogens is 3. The normalized spacial score (nSPS) is 14.1. The zero-order valence-corrected chi connectivity index (χ0v) is 19.0. The lowest BCUT2D eigenvalue weighted by Crippen LogP contribution is -2.33. The number of H-pyrrole nitrogens is 1. The van der Waals surface area contributed by atoms with Gasteiger partial charge in [-0.05, 0) is 80.5 Å². The minimum absolute atomic E-state index is 0.0631. The molecule has 5 rings (SSSR count). The van der Waals surface area contributed by atoms with Crippen LogP contribution in [0.2, 0.25) is 0 Å². The smallest absolute Gasteiger partial charge is 0.253 e. The highest BCUT2D eigenvalue weighted by Crippen LogP contribution is 2.26. The van der Waals surface area contributed by atoms with E-state index in [1.165, 1.54) is 12.8 Å². The van der Waals surface area contributed by atoms with Crippen LogP contribution in [-0.2, 0) is 0 Å². The SMILES string of the molecule is O=C(NCCN1CCCC1)c1ccccc1Nc1ccc2c(/C=C/c3ccccn3)n[nH]c2c1. The third-order valence-corrected chi connectivity index (χ3v) is 6.06. The number of likely N-dealkylation sites (tertiary alicyclic amines) is 1. The van der Waals surface area contributed by atoms with E-state index in [1.54, 1.807) is 6.20 Å². The molecule has 3 N–H and O–H groups in total. The van der Waals surface area contributed by atoms with E-state index < -0.39 is 0 Å². The Morgan fingerprint density at radius 1 is 1.03 bits per heavy atom. The van der Waals surface area contributed by atoms with Gasteiger partial charge in [-0.25, -0.2) is 0 Å². The Morgan fingerprint density at radius 2 is 1.88 bits per heavy atom. The second kappa shape index (κ2) is 10.3. The largest absolute Gasteiger partial charge is 0.355 e. The fraction of sp³-hybridized carbons (Fsp3) is 0.222. The van der Waals surface area contributed by atoms with Crippen LogP contribution < -0.4 is 10.6 Å². The fourth-order valence-corrected chi connectivity index (χ4v) is 4.26. The highest BCUT2D eigenvalue weighted by molar-refractivity contribution is 6.00. The number of hydrogen-bond donors (Lipinski definition) is 3. The molecule has 1 amide bonds. The zero-order valence-electron chi connectivity index (χ0n) is 19.0. The number of anilines is 2. The summed E-state index contributed by atoms with van der Waals surface area (Å²) in [7, 11) is 0. The number of amides is 1. The molecule has 0 bridgehead atoms. The number of nitrogens with one attached hydrogen (secondary N) is 3. The van der Waals surface area contributed by atoms with Crippen molar-refractivity contribution in [3.63, 3.8) is 0 Å². The number of carbonyl (C=O) groups excluding carboxylic acids is 1. The quantitative estimate of drug-likeness (QED) is 0.361. The second-order valence-corrected chi connectivity index (χ2v) is 8.43. The summed E-state index contributed by atoms with van der Waals surface area (Å²) in [6, 6.07) is 19.4. The van der Waals surface area contributed by atoms with E-state index in [-0.39, 0.29) is 5.91 Å². The maximum Gasteiger partial charge on any atom is 0.253 e. The Bertz CT molecular complexity index is 1290. The molecule has 34 heavy (non-hydrogen) atoms. The number of carbonyl (C=O) groups is 1. The lowest BCUT2D eigenvalue weighted by molar-refractivity contribution is 0.0950. The first-order chi connectivity index (χ1) is 16.8. The number of fused-ring (bicyclic) bond motifs is 1. The summed E-state index contributed by atoms with van der Waals surface area (Å²) < 4.78 is 0. The lowest BCUT2D eigenvalue weighted by Gasteiger charge is -2.16. The van der Waals surface area contributed by atoms with Crippen LogP contribution in [0.15, 0.2) is 66.9 Å². The van der Waals surface area contributed by atoms with Gasteiger partial charge in [-0.1, -0.05) is 18.2 Å². The minimum atomic E-state index is -0.0631. The van der Waals surface area contributed by atoms with Crippen LogP contribution in [0, 0.1) is 0 Å². The predicted octanol–water partition coefficient (Wildman–Crippen LogP) is 4.70. The molecule has 2 aromatic heterocycles. The molecule has 0 saturated carbocycles. The molecule has 1 aliphatic rings. The average Bonchev–Trinajstić information content (AvgIpc) is 3.53. The van der Waals surface area contributed by atoms with Gasteiger partial charge < -0.3 is 15.5 Å². The maximum absolute atomic E-state index is 12.8. The van der Waals surface area contributed by atoms with Crippen LogP contribution in [0.3, 0.4) is 0 Å². The highest BCUT2D eigenvalue weighted by Gasteiger charge is 2.14. The van der Waals surface area contributed by atoms with E-state index in [0.717, 1.165) is 53.3 Å². The third-order valence-electron chi connectivity index (χ3n) is 6.06. The van der Waals surface area contributed by atoms with Crippen LogP contribution in [0.4, 0.5) is 11.4 Å². The van der Waals surface area contributed by atoms with Crippen molar-refractivity contribution in [2.24, 2.45) is 0 Å². The number of hydrogen-bond acceptors (Lipinski definition) is 5. The van der Waals surface area contributed by atoms with Gasteiger partial charge >= 0.3 is 0 Å². The molecule has 0 unspecified atom stereocenters. The van der Waals surface area contributed by atoms with Crippen molar-refractivity contribution in [2.75, 3.05) is 31.5 Å². The predicted molar refractivity (Wildman–Crippen MR) is 137 cm³/mol. The molecule has 3 heterocycles. The van der Waals surface area contributed by atoms with E-state index in [2.05, 4.69) is 30.7 Å². The molecular weight excluding hydrogens is 424 g/mol. The maximum atomic E-state index is 12.8. The second-order valence-electron chi connectivity index (χ2n) is 8.43. The van der Waals surface area contributed by atoms with E-state index in [1.807, 2.05) is 72.8 Å². The van der Waals surface area contributed by atoms with Crippen molar-refractivity contribution in [3.05, 3.63) is 83.8 Å². The van der Waals surface area contributed by atoms with Gasteiger partial charge in [0.1, 0.15) is 0 Å². The minimum Gasteiger partial charge on any atom is -0.355 e. The first kappa shape index (κ1) is 21.9. The topological polar surface area (TPSA) is 85.9 Å². The Kier molecular flexibility index (Phi) is 6.63. The van der Waals surface area contributed by atoms with E-state index >= 15 is 0 Å². The Balaban J connectivity index is 1.28. The molecule has 2 aromatic carbocycles. The Hall–Kier alpha value is -3.97. The monoisotopic (exact) mass is 452 g/mol. The van der Waals surface area contributed by atoms with Crippen LogP contribution in [-0.4, -0.2) is 52.2 Å². The summed E-state index contributed by atoms with van der Waals surface area (Å²) in [5.41, 5.74) is 4.94. The van der Waals surface area contributed by atoms with E-state index in [0.29, 0.717) is 12.1 Å². The van der Waals surface area contributed by atoms with Gasteiger partial charge in [0.05, 0.1) is 28.2 Å². The molecule has 1 aliphatic heterocycles. The number of nitrogens with zero attached hydrogens (tertiary/aromatic N) is 3. The van der Waals surface area contributed by atoms with Gasteiger partial charge in [-0.3, -0.25) is 14.9 Å². The average molecular weight is 453 g/mol. The molecule has 7 heteroatoms. The van der Waals surface area contributed by atoms with Gasteiger partial charge in [-0.2, -0.15) is 5.10 Å². The summed E-state index contributed by atoms with van der Waals surface area (Å²) in [6.07, 6.45) is 8.18. The highest BCUT2D eigenvalue weighted by atomic mass is 16.1. The fourth-order valence-electron chi connectivity index (χ4n) is 4.26. The molecule has 1 fully saturated rings. The van der Waals surface area contributed by atoms with Crippen LogP contribution in [0.1, 0.15) is 34.6 Å². The summed E-state index contributed by atoms with van der Waals surface area (Å²) in [4.78, 5) is 19.5. The first-order valence-electron chi connectivity index (χ1n) is 11.7. The third kappa shape index (κ3) is 5.15. The van der Waals surface area contributed by atoms with Crippen molar-refractivity contribution < 1.29 is 4.79 Å². The van der Waals surface area contributed by atoms with Crippen LogP contribution in [0.5, 0.6) is 0 Å². The van der Waals surface area contributed by atoms with Gasteiger partial charge in [0.2, 0.25) is 0 Å². The summed E-state index contributed by atoms with van der Waals surface area (Å²) in [5.74, 6) is -0.0631. The van der Waals surface area contributed by atoms with Crippen molar-refractivity contribution in [1.82, 2.24) is 25.4 Å². The molecule has 0 spiro atoms. The van der Waals surface area contributed by atoms with Crippen LogP contribution in [0.25, 0.3) is 23.1 Å². The van der Waals surface area contributed by atoms with Crippen LogP contribution >= 0.6 is 0 Å². The molecule has 172 valence electrons. The van der Waals surface area contributed by atoms with Crippen molar-refractivity contribution >= 4 is 40.3 Å². The molecule has 1 saturated heterocycles. The lowest BCUT2D eigenvalue weighted by atomic mass is 10.1. The van der Waals surface area contributed by atoms with Gasteiger partial charge in [0.25, 0.3) is 5.91 Å². The number of rotatable bonds is 8. The molecule has 7 nitrogen and oxygen atoms in total. The standard InChI is InChI=1S/C27H28N6O/c34-27(29-15-18-33-16-5-6-17-33)23-8-1-2-9-24(23)30-21-10-12-22-25(31-32-26(22)19-21)13-11-20-7-3-4-14-28-20/h1-4,7-14,19,30H,5-6,15-18H2,(H,29,34)(H,31,32)/b13-11+. The van der Waals surface area contributed by atoms with Gasteiger partial charge in [0, 0.05) is 30.4 Å². The van der Waals surface area contributed by atoms with Crippen molar-refractivity contribution in [2.45, 2.75) is 12.8 Å². The van der Waals surface area contributed by atoms with E-state index in [9.17, 15) is 4.79 Å². The molecule has 0 atom stereocenters. The molecular formula is C27H28N6O. The number of aromatic amines is 1. The number of pyridine rings is 1. The van der Waals surface area contributed by atoms with Gasteiger partial charge in [-0.15, -0.1) is 0 Å². The number of benzene rings is 2. The summed E-state index contributed by atoms with van der Waals surface area (Å²) in [5, 5.41) is 15.0. The molecule has 0 aliphatic carbocycles. The Morgan fingerprint density at radius 3 is 2.74 bits per heavy atom. The summed E-state index contributed by atoms with van der Waals surface area (Å²) >= 11 is 0. The molecule has 0 radical (unpaired) electrons.